The van der Waals surface area contributed by atoms with Gasteiger partial charge in [-0.3, -0.25) is 4.90 Å². The first-order chi connectivity index (χ1) is 12.2. The Labute approximate surface area is 149 Å². The normalized spacial score (nSPS) is 18.2. The zero-order valence-electron chi connectivity index (χ0n) is 14.7. The second kappa shape index (κ2) is 8.34. The Morgan fingerprint density at radius 3 is 2.84 bits per heavy atom. The quantitative estimate of drug-likeness (QED) is 0.836. The van der Waals surface area contributed by atoms with E-state index in [0.29, 0.717) is 24.1 Å². The first-order valence-electron chi connectivity index (χ1n) is 9.00. The van der Waals surface area contributed by atoms with Crippen LogP contribution in [0.3, 0.4) is 0 Å². The third-order valence-electron chi connectivity index (χ3n) is 5.05. The minimum Gasteiger partial charge on any atom is -0.508 e. The van der Waals surface area contributed by atoms with Gasteiger partial charge in [-0.25, -0.2) is 4.39 Å². The molecule has 3 rings (SSSR count). The van der Waals surface area contributed by atoms with Crippen molar-refractivity contribution in [2.24, 2.45) is 0 Å². The maximum atomic E-state index is 13.9. The lowest BCUT2D eigenvalue weighted by molar-refractivity contribution is 0.131. The van der Waals surface area contributed by atoms with E-state index in [1.54, 1.807) is 12.1 Å². The molecule has 0 spiro atoms. The van der Waals surface area contributed by atoms with Gasteiger partial charge in [0, 0.05) is 18.2 Å². The maximum Gasteiger partial charge on any atom is 0.165 e. The smallest absolute Gasteiger partial charge is 0.165 e. The van der Waals surface area contributed by atoms with Crippen LogP contribution in [0.5, 0.6) is 11.5 Å². The molecule has 1 N–H and O–H groups in total. The topological polar surface area (TPSA) is 32.7 Å². The standard InChI is InChI=1S/C21H26FNO2/c1-25-21-17(7-5-10-20(21)22)15-23-13-3-2-8-18(23)12-11-16-6-4-9-19(24)14-16/h4-7,9-10,14,18,24H,2-3,8,11-13,15H2,1H3/t18-/m1/s1. The van der Waals surface area contributed by atoms with Crippen LogP contribution in [-0.4, -0.2) is 29.7 Å². The van der Waals surface area contributed by atoms with E-state index < -0.39 is 0 Å². The molecule has 0 bridgehead atoms. The van der Waals surface area contributed by atoms with Gasteiger partial charge in [-0.05, 0) is 56.0 Å². The number of nitrogens with zero attached hydrogens (tertiary/aromatic N) is 1. The van der Waals surface area contributed by atoms with E-state index in [1.165, 1.54) is 26.0 Å². The van der Waals surface area contributed by atoms with Crippen LogP contribution in [0.2, 0.25) is 0 Å². The Kier molecular flexibility index (Phi) is 5.92. The van der Waals surface area contributed by atoms with Crippen LogP contribution >= 0.6 is 0 Å². The van der Waals surface area contributed by atoms with Crippen molar-refractivity contribution in [3.63, 3.8) is 0 Å². The molecule has 0 aromatic heterocycles. The first kappa shape index (κ1) is 17.7. The lowest BCUT2D eigenvalue weighted by Gasteiger charge is -2.36. The van der Waals surface area contributed by atoms with Crippen LogP contribution in [0.15, 0.2) is 42.5 Å². The van der Waals surface area contributed by atoms with Crippen molar-refractivity contribution in [1.29, 1.82) is 0 Å². The Morgan fingerprint density at radius 1 is 1.20 bits per heavy atom. The van der Waals surface area contributed by atoms with Gasteiger partial charge in [0.25, 0.3) is 0 Å². The van der Waals surface area contributed by atoms with Crippen LogP contribution in [0, 0.1) is 5.82 Å². The molecule has 2 aromatic carbocycles. The minimum atomic E-state index is -0.298. The number of hydrogen-bond acceptors (Lipinski definition) is 3. The molecule has 1 heterocycles. The summed E-state index contributed by atoms with van der Waals surface area (Å²) >= 11 is 0. The third-order valence-corrected chi connectivity index (χ3v) is 5.05. The Morgan fingerprint density at radius 2 is 2.04 bits per heavy atom. The lowest BCUT2D eigenvalue weighted by Crippen LogP contribution is -2.39. The summed E-state index contributed by atoms with van der Waals surface area (Å²) in [5.74, 6) is 0.385. The van der Waals surface area contributed by atoms with Crippen LogP contribution in [0.4, 0.5) is 4.39 Å². The molecule has 0 radical (unpaired) electrons. The molecule has 1 aliphatic rings. The van der Waals surface area contributed by atoms with E-state index in [-0.39, 0.29) is 5.82 Å². The number of hydrogen-bond donors (Lipinski definition) is 1. The second-order valence-electron chi connectivity index (χ2n) is 6.76. The Hall–Kier alpha value is -2.07. The summed E-state index contributed by atoms with van der Waals surface area (Å²) in [5.41, 5.74) is 2.07. The van der Waals surface area contributed by atoms with Crippen LogP contribution in [0.25, 0.3) is 0 Å². The third kappa shape index (κ3) is 4.51. The van der Waals surface area contributed by atoms with Crippen molar-refractivity contribution in [2.75, 3.05) is 13.7 Å². The van der Waals surface area contributed by atoms with Crippen LogP contribution < -0.4 is 4.74 Å². The van der Waals surface area contributed by atoms with Crippen molar-refractivity contribution in [3.8, 4) is 11.5 Å². The van der Waals surface area contributed by atoms with Gasteiger partial charge in [0.1, 0.15) is 5.75 Å². The molecular formula is C21H26FNO2. The minimum absolute atomic E-state index is 0.298. The van der Waals surface area contributed by atoms with E-state index in [1.807, 2.05) is 18.2 Å². The summed E-state index contributed by atoms with van der Waals surface area (Å²) in [4.78, 5) is 2.45. The number of aryl methyl sites for hydroxylation is 1. The summed E-state index contributed by atoms with van der Waals surface area (Å²) < 4.78 is 19.2. The van der Waals surface area contributed by atoms with Crippen molar-refractivity contribution in [3.05, 3.63) is 59.4 Å². The van der Waals surface area contributed by atoms with Crippen molar-refractivity contribution in [1.82, 2.24) is 4.90 Å². The fourth-order valence-electron chi connectivity index (χ4n) is 3.77. The zero-order chi connectivity index (χ0) is 17.6. The van der Waals surface area contributed by atoms with E-state index >= 15 is 0 Å². The lowest BCUT2D eigenvalue weighted by atomic mass is 9.95. The van der Waals surface area contributed by atoms with E-state index in [9.17, 15) is 9.50 Å². The highest BCUT2D eigenvalue weighted by molar-refractivity contribution is 5.35. The molecule has 25 heavy (non-hydrogen) atoms. The van der Waals surface area contributed by atoms with Crippen LogP contribution in [0.1, 0.15) is 36.8 Å². The molecule has 2 aromatic rings. The molecule has 0 aliphatic carbocycles. The summed E-state index contributed by atoms with van der Waals surface area (Å²) in [5, 5.41) is 9.62. The molecule has 1 aliphatic heterocycles. The van der Waals surface area contributed by atoms with Gasteiger partial charge < -0.3 is 9.84 Å². The number of benzene rings is 2. The summed E-state index contributed by atoms with van der Waals surface area (Å²) in [6.07, 6.45) is 5.56. The number of piperidine rings is 1. The van der Waals surface area contributed by atoms with E-state index in [4.69, 9.17) is 4.74 Å². The van der Waals surface area contributed by atoms with E-state index in [0.717, 1.165) is 36.9 Å². The molecule has 1 fully saturated rings. The monoisotopic (exact) mass is 343 g/mol. The van der Waals surface area contributed by atoms with Crippen LogP contribution in [-0.2, 0) is 13.0 Å². The van der Waals surface area contributed by atoms with Gasteiger partial charge in [0.2, 0.25) is 0 Å². The van der Waals surface area contributed by atoms with Gasteiger partial charge in [-0.15, -0.1) is 0 Å². The molecular weight excluding hydrogens is 317 g/mol. The molecule has 0 saturated carbocycles. The highest BCUT2D eigenvalue weighted by Gasteiger charge is 2.23. The molecule has 3 nitrogen and oxygen atoms in total. The fraction of sp³-hybridized carbons (Fsp3) is 0.429. The molecule has 1 saturated heterocycles. The largest absolute Gasteiger partial charge is 0.508 e. The zero-order valence-corrected chi connectivity index (χ0v) is 14.7. The molecule has 1 atom stereocenters. The van der Waals surface area contributed by atoms with Gasteiger partial charge >= 0.3 is 0 Å². The molecule has 0 unspecified atom stereocenters. The number of phenolic OH excluding ortho intramolecular Hbond substituents is 1. The van der Waals surface area contributed by atoms with Crippen molar-refractivity contribution in [2.45, 2.75) is 44.7 Å². The fourth-order valence-corrected chi connectivity index (χ4v) is 3.77. The SMILES string of the molecule is COc1c(F)cccc1CN1CCCC[C@@H]1CCc1cccc(O)c1. The summed E-state index contributed by atoms with van der Waals surface area (Å²) in [6.45, 7) is 1.75. The number of halogens is 1. The summed E-state index contributed by atoms with van der Waals surface area (Å²) in [7, 11) is 1.53. The van der Waals surface area contributed by atoms with Gasteiger partial charge in [-0.2, -0.15) is 0 Å². The highest BCUT2D eigenvalue weighted by Crippen LogP contribution is 2.28. The first-order valence-corrected chi connectivity index (χ1v) is 9.00. The average Bonchev–Trinajstić information content (AvgIpc) is 2.61. The van der Waals surface area contributed by atoms with Crippen molar-refractivity contribution >= 4 is 0 Å². The molecule has 134 valence electrons. The number of aromatic hydroxyl groups is 1. The predicted octanol–water partition coefficient (Wildman–Crippen LogP) is 4.53. The number of methoxy groups -OCH3 is 1. The van der Waals surface area contributed by atoms with Gasteiger partial charge in [-0.1, -0.05) is 30.7 Å². The predicted molar refractivity (Wildman–Crippen MR) is 97.4 cm³/mol. The Bertz CT molecular complexity index is 704. The van der Waals surface area contributed by atoms with E-state index in [2.05, 4.69) is 11.0 Å². The van der Waals surface area contributed by atoms with Crippen molar-refractivity contribution < 1.29 is 14.2 Å². The number of rotatable bonds is 6. The summed E-state index contributed by atoms with van der Waals surface area (Å²) in [6, 6.07) is 13.1. The maximum absolute atomic E-state index is 13.9. The number of ether oxygens (including phenoxy) is 1. The Balaban J connectivity index is 1.68. The molecule has 0 amide bonds. The molecule has 4 heteroatoms. The average molecular weight is 343 g/mol. The second-order valence-corrected chi connectivity index (χ2v) is 6.76. The highest BCUT2D eigenvalue weighted by atomic mass is 19.1. The number of likely N-dealkylation sites (tertiary alicyclic amines) is 1. The number of para-hydroxylation sites is 1. The number of phenols is 1. The van der Waals surface area contributed by atoms with Gasteiger partial charge in [0.15, 0.2) is 11.6 Å². The van der Waals surface area contributed by atoms with Gasteiger partial charge in [0.05, 0.1) is 7.11 Å².